The number of urea groups is 2. The van der Waals surface area contributed by atoms with Gasteiger partial charge in [-0.2, -0.15) is 5.10 Å². The van der Waals surface area contributed by atoms with Gasteiger partial charge in [-0.15, -0.1) is 11.6 Å². The van der Waals surface area contributed by atoms with Gasteiger partial charge in [0.2, 0.25) is 5.91 Å². The van der Waals surface area contributed by atoms with Crippen molar-refractivity contribution in [1.29, 1.82) is 0 Å². The van der Waals surface area contributed by atoms with Crippen LogP contribution in [-0.2, 0) is 11.3 Å². The molecule has 0 spiro atoms. The number of likely N-dealkylation sites (tertiary alicyclic amines) is 3. The van der Waals surface area contributed by atoms with Crippen molar-refractivity contribution in [2.45, 2.75) is 76.0 Å². The molecule has 248 valence electrons. The van der Waals surface area contributed by atoms with E-state index in [0.717, 1.165) is 48.3 Å². The van der Waals surface area contributed by atoms with Crippen molar-refractivity contribution >= 4 is 41.5 Å². The van der Waals surface area contributed by atoms with Crippen LogP contribution in [0, 0.1) is 0 Å². The molecule has 0 saturated carbocycles. The number of alkyl halides is 1. The van der Waals surface area contributed by atoms with Crippen LogP contribution in [0.25, 0.3) is 0 Å². The van der Waals surface area contributed by atoms with Crippen LogP contribution in [0.1, 0.15) is 56.9 Å². The fourth-order valence-corrected chi connectivity index (χ4v) is 7.67. The topological polar surface area (TPSA) is 113 Å². The van der Waals surface area contributed by atoms with Gasteiger partial charge in [-0.1, -0.05) is 36.8 Å². The van der Waals surface area contributed by atoms with Crippen LogP contribution in [-0.4, -0.2) is 114 Å². The van der Waals surface area contributed by atoms with E-state index in [0.29, 0.717) is 70.5 Å². The summed E-state index contributed by atoms with van der Waals surface area (Å²) in [6.45, 7) is 5.92. The number of anilines is 1. The van der Waals surface area contributed by atoms with Crippen LogP contribution in [0.15, 0.2) is 52.7 Å². The van der Waals surface area contributed by atoms with E-state index in [2.05, 4.69) is 26.1 Å². The summed E-state index contributed by atoms with van der Waals surface area (Å²) >= 11 is 6.14. The molecule has 1 aromatic rings. The number of nitrogens with zero attached hydrogens (tertiary/aromatic N) is 5. The van der Waals surface area contributed by atoms with Gasteiger partial charge in [0.15, 0.2) is 0 Å². The van der Waals surface area contributed by atoms with E-state index in [9.17, 15) is 14.4 Å². The maximum Gasteiger partial charge on any atom is 0.322 e. The highest BCUT2D eigenvalue weighted by molar-refractivity contribution is 6.19. The van der Waals surface area contributed by atoms with E-state index in [1.54, 1.807) is 11.1 Å². The van der Waals surface area contributed by atoms with E-state index in [4.69, 9.17) is 11.6 Å². The van der Waals surface area contributed by atoms with Crippen LogP contribution < -0.4 is 16.1 Å². The molecule has 5 aliphatic heterocycles. The lowest BCUT2D eigenvalue weighted by atomic mass is 9.97. The second kappa shape index (κ2) is 15.3. The van der Waals surface area contributed by atoms with Gasteiger partial charge in [0.05, 0.1) is 12.8 Å². The number of allylic oxidation sites excluding steroid dienone is 2. The Morgan fingerprint density at radius 2 is 1.70 bits per heavy atom. The predicted molar refractivity (Wildman–Crippen MR) is 181 cm³/mol. The lowest BCUT2D eigenvalue weighted by molar-refractivity contribution is -0.134. The van der Waals surface area contributed by atoms with Crippen molar-refractivity contribution in [2.24, 2.45) is 5.10 Å². The smallest absolute Gasteiger partial charge is 0.322 e. The van der Waals surface area contributed by atoms with Gasteiger partial charge >= 0.3 is 12.1 Å². The SMILES string of the molecule is O=C(NC(CC(=C/CCl)/C=C1/C=NNC1)C(=O)N1CCC(N2CCCCC2)CC1)N1CCC(N2Cc3ccccc3NC2=O)CC1. The molecular weight excluding hydrogens is 604 g/mol. The van der Waals surface area contributed by atoms with Crippen molar-refractivity contribution in [3.63, 3.8) is 0 Å². The molecule has 0 aliphatic carbocycles. The second-order valence-corrected chi connectivity index (χ2v) is 13.3. The number of halogens is 1. The number of nitrogens with one attached hydrogen (secondary N) is 3. The van der Waals surface area contributed by atoms with Crippen LogP contribution in [0.5, 0.6) is 0 Å². The van der Waals surface area contributed by atoms with Gasteiger partial charge in [-0.25, -0.2) is 9.59 Å². The summed E-state index contributed by atoms with van der Waals surface area (Å²) in [5.41, 5.74) is 6.81. The number of fused-ring (bicyclic) bond motifs is 1. The molecule has 3 N–H and O–H groups in total. The van der Waals surface area contributed by atoms with Crippen molar-refractivity contribution in [1.82, 2.24) is 30.3 Å². The van der Waals surface area contributed by atoms with E-state index in [1.165, 1.54) is 19.3 Å². The van der Waals surface area contributed by atoms with Crippen LogP contribution in [0.3, 0.4) is 0 Å². The first-order chi connectivity index (χ1) is 22.5. The van der Waals surface area contributed by atoms with E-state index in [1.807, 2.05) is 46.2 Å². The lowest BCUT2D eigenvalue weighted by Gasteiger charge is -2.42. The Kier molecular flexibility index (Phi) is 10.8. The number of carbonyl (C=O) groups is 3. The summed E-state index contributed by atoms with van der Waals surface area (Å²) in [6.07, 6.45) is 13.2. The Hall–Kier alpha value is -3.57. The van der Waals surface area contributed by atoms with E-state index >= 15 is 0 Å². The molecule has 5 aliphatic rings. The average molecular weight is 651 g/mol. The molecule has 12 heteroatoms. The number of hydrazone groups is 1. The molecule has 3 saturated heterocycles. The first kappa shape index (κ1) is 32.4. The van der Waals surface area contributed by atoms with Crippen LogP contribution in [0.4, 0.5) is 15.3 Å². The number of amides is 5. The molecule has 5 heterocycles. The van der Waals surface area contributed by atoms with Gasteiger partial charge < -0.3 is 35.7 Å². The Morgan fingerprint density at radius 3 is 2.41 bits per heavy atom. The molecule has 3 fully saturated rings. The molecule has 46 heavy (non-hydrogen) atoms. The highest BCUT2D eigenvalue weighted by Gasteiger charge is 2.35. The minimum absolute atomic E-state index is 0.0407. The summed E-state index contributed by atoms with van der Waals surface area (Å²) in [5.74, 6) is 0.267. The summed E-state index contributed by atoms with van der Waals surface area (Å²) in [5, 5.41) is 10.2. The van der Waals surface area contributed by atoms with Crippen molar-refractivity contribution in [3.05, 3.63) is 53.1 Å². The number of carbonyl (C=O) groups excluding carboxylic acids is 3. The molecule has 0 bridgehead atoms. The highest BCUT2D eigenvalue weighted by atomic mass is 35.5. The predicted octanol–water partition coefficient (Wildman–Crippen LogP) is 4.12. The number of benzene rings is 1. The zero-order valence-electron chi connectivity index (χ0n) is 26.6. The monoisotopic (exact) mass is 650 g/mol. The lowest BCUT2D eigenvalue weighted by Crippen LogP contribution is -2.57. The third-order valence-corrected chi connectivity index (χ3v) is 10.2. The van der Waals surface area contributed by atoms with Crippen molar-refractivity contribution < 1.29 is 14.4 Å². The normalized spacial score (nSPS) is 23.2. The minimum Gasteiger partial charge on any atom is -0.341 e. The maximum absolute atomic E-state index is 14.1. The summed E-state index contributed by atoms with van der Waals surface area (Å²) in [7, 11) is 0. The number of rotatable bonds is 8. The zero-order chi connectivity index (χ0) is 31.9. The number of piperidine rings is 3. The largest absolute Gasteiger partial charge is 0.341 e. The Labute approximate surface area is 277 Å². The highest BCUT2D eigenvalue weighted by Crippen LogP contribution is 2.28. The Balaban J connectivity index is 1.09. The molecule has 6 rings (SSSR count). The third kappa shape index (κ3) is 7.86. The Bertz CT molecular complexity index is 1340. The molecule has 0 aromatic heterocycles. The van der Waals surface area contributed by atoms with E-state index < -0.39 is 6.04 Å². The molecule has 1 unspecified atom stereocenters. The van der Waals surface area contributed by atoms with Gasteiger partial charge in [0, 0.05) is 62.8 Å². The van der Waals surface area contributed by atoms with Crippen LogP contribution in [0.2, 0.25) is 0 Å². The second-order valence-electron chi connectivity index (χ2n) is 13.0. The molecule has 11 nitrogen and oxygen atoms in total. The number of para-hydroxylation sites is 1. The Morgan fingerprint density at radius 1 is 0.978 bits per heavy atom. The molecule has 5 amide bonds. The van der Waals surface area contributed by atoms with Crippen molar-refractivity contribution in [2.75, 3.05) is 57.0 Å². The van der Waals surface area contributed by atoms with E-state index in [-0.39, 0.29) is 24.0 Å². The summed E-state index contributed by atoms with van der Waals surface area (Å²) < 4.78 is 0. The fraction of sp³-hybridized carbons (Fsp3) is 0.588. The molecule has 0 radical (unpaired) electrons. The zero-order valence-corrected chi connectivity index (χ0v) is 27.4. The average Bonchev–Trinajstić information content (AvgIpc) is 3.61. The van der Waals surface area contributed by atoms with Gasteiger partial charge in [0.1, 0.15) is 6.04 Å². The van der Waals surface area contributed by atoms with Gasteiger partial charge in [-0.3, -0.25) is 4.79 Å². The number of hydrogen-bond acceptors (Lipinski definition) is 6. The summed E-state index contributed by atoms with van der Waals surface area (Å²) in [6, 6.07) is 7.40. The van der Waals surface area contributed by atoms with Gasteiger partial charge in [0.25, 0.3) is 0 Å². The molecular formula is C34H47ClN8O3. The molecule has 1 aromatic carbocycles. The number of hydrogen-bond donors (Lipinski definition) is 3. The fourth-order valence-electron chi connectivity index (χ4n) is 7.47. The minimum atomic E-state index is -0.709. The third-order valence-electron chi connectivity index (χ3n) is 10.1. The summed E-state index contributed by atoms with van der Waals surface area (Å²) in [4.78, 5) is 48.9. The van der Waals surface area contributed by atoms with Crippen molar-refractivity contribution in [3.8, 4) is 0 Å². The van der Waals surface area contributed by atoms with Crippen LogP contribution >= 0.6 is 11.6 Å². The van der Waals surface area contributed by atoms with Gasteiger partial charge in [-0.05, 0) is 74.4 Å². The first-order valence-corrected chi connectivity index (χ1v) is 17.5. The first-order valence-electron chi connectivity index (χ1n) is 16.9. The maximum atomic E-state index is 14.1. The molecule has 1 atom stereocenters. The quantitative estimate of drug-likeness (QED) is 0.367. The standard InChI is InChI=1S/C34H47ClN8O3/c35-13-8-25(20-26-22-36-37-23-26)21-31(32(44)41-16-9-28(10-17-41)40-14-4-1-5-15-40)39-33(45)42-18-11-29(12-19-42)43-24-27-6-2-3-7-30(27)38-34(43)46/h2-3,6-8,20,22,28-29,31,37H,1,4-5,9-19,21,23-24H2,(H,38,46)(H,39,45)/b25-8+,26-20-.